The summed E-state index contributed by atoms with van der Waals surface area (Å²) in [5, 5.41) is 2.46. The number of rotatable bonds is 5. The average molecular weight is 445 g/mol. The number of H-pyrrole nitrogens is 1. The number of hydrogen-bond acceptors (Lipinski definition) is 6. The van der Waals surface area contributed by atoms with Crippen LogP contribution in [0.15, 0.2) is 47.5 Å². The summed E-state index contributed by atoms with van der Waals surface area (Å²) in [7, 11) is 0. The van der Waals surface area contributed by atoms with E-state index in [1.54, 1.807) is 0 Å². The molecular formula is C21H18F3N5O3. The van der Waals surface area contributed by atoms with E-state index in [9.17, 15) is 22.8 Å². The molecule has 0 bridgehead atoms. The second-order valence-corrected chi connectivity index (χ2v) is 6.96. The normalized spacial score (nSPS) is 13.9. The van der Waals surface area contributed by atoms with Gasteiger partial charge in [-0.2, -0.15) is 0 Å². The number of amides is 1. The molecule has 2 aromatic heterocycles. The molecule has 3 aromatic rings. The van der Waals surface area contributed by atoms with Crippen molar-refractivity contribution in [1.82, 2.24) is 15.0 Å². The van der Waals surface area contributed by atoms with E-state index in [-0.39, 0.29) is 16.8 Å². The van der Waals surface area contributed by atoms with Crippen molar-refractivity contribution in [1.29, 1.82) is 0 Å². The molecule has 0 unspecified atom stereocenters. The van der Waals surface area contributed by atoms with Gasteiger partial charge in [-0.3, -0.25) is 9.59 Å². The van der Waals surface area contributed by atoms with Crippen LogP contribution in [-0.4, -0.2) is 47.2 Å². The van der Waals surface area contributed by atoms with Gasteiger partial charge in [-0.25, -0.2) is 23.1 Å². The van der Waals surface area contributed by atoms with Gasteiger partial charge in [-0.1, -0.05) is 0 Å². The molecule has 0 saturated carbocycles. The number of hydrogen-bond donors (Lipinski definition) is 2. The van der Waals surface area contributed by atoms with Crippen molar-refractivity contribution in [2.75, 3.05) is 36.5 Å². The first kappa shape index (κ1) is 21.5. The van der Waals surface area contributed by atoms with Gasteiger partial charge in [0.1, 0.15) is 5.82 Å². The van der Waals surface area contributed by atoms with Crippen LogP contribution in [0, 0.1) is 5.82 Å². The number of morpholine rings is 1. The van der Waals surface area contributed by atoms with Crippen LogP contribution < -0.4 is 15.8 Å². The largest absolute Gasteiger partial charge is 0.378 e. The number of nitrogens with zero attached hydrogens (tertiary/aromatic N) is 3. The first-order chi connectivity index (χ1) is 15.4. The van der Waals surface area contributed by atoms with E-state index in [0.29, 0.717) is 44.0 Å². The Bertz CT molecular complexity index is 1200. The number of aromatic amines is 1. The molecule has 1 amide bonds. The van der Waals surface area contributed by atoms with Gasteiger partial charge < -0.3 is 19.9 Å². The quantitative estimate of drug-likeness (QED) is 0.626. The number of benzene rings is 1. The van der Waals surface area contributed by atoms with Crippen molar-refractivity contribution < 1.29 is 22.7 Å². The van der Waals surface area contributed by atoms with Gasteiger partial charge in [-0.15, -0.1) is 0 Å². The Balaban J connectivity index is 1.61. The third kappa shape index (κ3) is 4.62. The molecule has 11 heteroatoms. The SMILES string of the molecule is O=C(Nc1ccc(F)c(-c2ccnc(N3CCOCC3)n2)c1)c1c[nH]c(=O)cc1C(F)F. The molecule has 1 aromatic carbocycles. The molecule has 0 atom stereocenters. The number of pyridine rings is 1. The smallest absolute Gasteiger partial charge is 0.264 e. The summed E-state index contributed by atoms with van der Waals surface area (Å²) in [5.74, 6) is -1.02. The van der Waals surface area contributed by atoms with Crippen LogP contribution in [0.1, 0.15) is 22.3 Å². The number of nitrogens with one attached hydrogen (secondary N) is 2. The van der Waals surface area contributed by atoms with Gasteiger partial charge in [0.05, 0.1) is 24.5 Å². The van der Waals surface area contributed by atoms with Gasteiger partial charge >= 0.3 is 0 Å². The van der Waals surface area contributed by atoms with Crippen LogP contribution in [0.3, 0.4) is 0 Å². The minimum atomic E-state index is -3.01. The Hall–Kier alpha value is -3.73. The number of carbonyl (C=O) groups is 1. The van der Waals surface area contributed by atoms with Gasteiger partial charge in [-0.05, 0) is 24.3 Å². The molecule has 32 heavy (non-hydrogen) atoms. The summed E-state index contributed by atoms with van der Waals surface area (Å²) >= 11 is 0. The van der Waals surface area contributed by atoms with Gasteiger partial charge in [0, 0.05) is 48.4 Å². The average Bonchev–Trinajstić information content (AvgIpc) is 2.81. The summed E-state index contributed by atoms with van der Waals surface area (Å²) in [4.78, 5) is 36.6. The predicted molar refractivity (Wildman–Crippen MR) is 110 cm³/mol. The molecule has 3 heterocycles. The Morgan fingerprint density at radius 3 is 2.72 bits per heavy atom. The fraction of sp³-hybridized carbons (Fsp3) is 0.238. The molecule has 166 valence electrons. The van der Waals surface area contributed by atoms with E-state index in [1.165, 1.54) is 24.4 Å². The fourth-order valence-corrected chi connectivity index (χ4v) is 3.28. The van der Waals surface area contributed by atoms with E-state index in [4.69, 9.17) is 4.74 Å². The lowest BCUT2D eigenvalue weighted by molar-refractivity contribution is 0.101. The molecule has 1 saturated heterocycles. The monoisotopic (exact) mass is 445 g/mol. The highest BCUT2D eigenvalue weighted by Gasteiger charge is 2.20. The van der Waals surface area contributed by atoms with Crippen LogP contribution in [0.5, 0.6) is 0 Å². The summed E-state index contributed by atoms with van der Waals surface area (Å²) in [6.07, 6.45) is -0.586. The molecule has 4 rings (SSSR count). The molecule has 2 N–H and O–H groups in total. The zero-order valence-electron chi connectivity index (χ0n) is 16.6. The highest BCUT2D eigenvalue weighted by molar-refractivity contribution is 6.05. The maximum atomic E-state index is 14.6. The standard InChI is InChI=1S/C21H18F3N5O3/c22-16-2-1-12(27-20(31)15-11-26-18(30)10-13(15)19(23)24)9-14(16)17-3-4-25-21(28-17)29-5-7-32-8-6-29/h1-4,9-11,19H,5-8H2,(H,26,30)(H,27,31). The number of aromatic nitrogens is 3. The molecule has 1 aliphatic heterocycles. The first-order valence-corrected chi connectivity index (χ1v) is 9.70. The van der Waals surface area contributed by atoms with E-state index < -0.39 is 29.3 Å². The second kappa shape index (κ2) is 9.18. The topological polar surface area (TPSA) is 100 Å². The van der Waals surface area contributed by atoms with Crippen LogP contribution in [-0.2, 0) is 4.74 Å². The van der Waals surface area contributed by atoms with E-state index in [1.807, 2.05) is 4.90 Å². The number of ether oxygens (including phenoxy) is 1. The molecule has 0 radical (unpaired) electrons. The van der Waals surface area contributed by atoms with Crippen LogP contribution in [0.25, 0.3) is 11.3 Å². The lowest BCUT2D eigenvalue weighted by atomic mass is 10.1. The van der Waals surface area contributed by atoms with Crippen molar-refractivity contribution in [2.45, 2.75) is 6.43 Å². The van der Waals surface area contributed by atoms with Crippen LogP contribution in [0.4, 0.5) is 24.8 Å². The van der Waals surface area contributed by atoms with Crippen molar-refractivity contribution in [3.8, 4) is 11.3 Å². The Labute approximate surface area is 180 Å². The molecule has 0 aliphatic carbocycles. The molecule has 0 spiro atoms. The van der Waals surface area contributed by atoms with Crippen LogP contribution in [0.2, 0.25) is 0 Å². The number of alkyl halides is 2. The maximum Gasteiger partial charge on any atom is 0.264 e. The van der Waals surface area contributed by atoms with E-state index in [0.717, 1.165) is 12.3 Å². The number of anilines is 2. The predicted octanol–water partition coefficient (Wildman–Crippen LogP) is 3.00. The lowest BCUT2D eigenvalue weighted by Crippen LogP contribution is -2.37. The third-order valence-electron chi connectivity index (χ3n) is 4.87. The highest BCUT2D eigenvalue weighted by Crippen LogP contribution is 2.27. The van der Waals surface area contributed by atoms with Crippen molar-refractivity contribution >= 4 is 17.5 Å². The maximum absolute atomic E-state index is 14.6. The number of halogens is 3. The van der Waals surface area contributed by atoms with Gasteiger partial charge in [0.15, 0.2) is 0 Å². The van der Waals surface area contributed by atoms with Crippen molar-refractivity contribution in [2.24, 2.45) is 0 Å². The zero-order valence-corrected chi connectivity index (χ0v) is 16.6. The molecule has 8 nitrogen and oxygen atoms in total. The van der Waals surface area contributed by atoms with Crippen LogP contribution >= 0.6 is 0 Å². The third-order valence-corrected chi connectivity index (χ3v) is 4.87. The summed E-state index contributed by atoms with van der Waals surface area (Å²) < 4.78 is 46.3. The summed E-state index contributed by atoms with van der Waals surface area (Å²) in [6, 6.07) is 6.00. The van der Waals surface area contributed by atoms with Gasteiger partial charge in [0.25, 0.3) is 12.3 Å². The van der Waals surface area contributed by atoms with Crippen molar-refractivity contribution in [3.63, 3.8) is 0 Å². The Kier molecular flexibility index (Phi) is 6.17. The Morgan fingerprint density at radius 1 is 1.19 bits per heavy atom. The fourth-order valence-electron chi connectivity index (χ4n) is 3.28. The minimum Gasteiger partial charge on any atom is -0.378 e. The molecular weight excluding hydrogens is 427 g/mol. The summed E-state index contributed by atoms with van der Waals surface area (Å²) in [6.45, 7) is 2.28. The molecule has 1 fully saturated rings. The number of carbonyl (C=O) groups excluding carboxylic acids is 1. The zero-order chi connectivity index (χ0) is 22.7. The summed E-state index contributed by atoms with van der Waals surface area (Å²) in [5.41, 5.74) is -1.26. The first-order valence-electron chi connectivity index (χ1n) is 9.70. The van der Waals surface area contributed by atoms with Gasteiger partial charge in [0.2, 0.25) is 11.5 Å². The van der Waals surface area contributed by atoms with E-state index >= 15 is 0 Å². The van der Waals surface area contributed by atoms with Crippen molar-refractivity contribution in [3.05, 3.63) is 70.0 Å². The second-order valence-electron chi connectivity index (χ2n) is 6.96. The molecule has 1 aliphatic rings. The highest BCUT2D eigenvalue weighted by atomic mass is 19.3. The van der Waals surface area contributed by atoms with E-state index in [2.05, 4.69) is 20.3 Å². The Morgan fingerprint density at radius 2 is 1.97 bits per heavy atom. The minimum absolute atomic E-state index is 0.107. The lowest BCUT2D eigenvalue weighted by Gasteiger charge is -2.26.